The molecule has 0 atom stereocenters. The molecule has 1 aromatic carbocycles. The minimum atomic E-state index is -3.31. The van der Waals surface area contributed by atoms with Gasteiger partial charge in [-0.3, -0.25) is 4.57 Å². The maximum absolute atomic E-state index is 11.9. The van der Waals surface area contributed by atoms with Gasteiger partial charge in [0.1, 0.15) is 0 Å². The third-order valence-electron chi connectivity index (χ3n) is 1.68. The Balaban J connectivity index is 3.30. The van der Waals surface area contributed by atoms with Crippen LogP contribution in [0.1, 0.15) is 0 Å². The SMILES string of the molecule is COP(=O)(OC)c1cc(Cl)ccc1Cl. The Hall–Kier alpha value is -0.0500. The number of halogens is 2. The van der Waals surface area contributed by atoms with Gasteiger partial charge in [0.2, 0.25) is 0 Å². The maximum Gasteiger partial charge on any atom is 0.362 e. The average Bonchev–Trinajstić information content (AvgIpc) is 2.20. The summed E-state index contributed by atoms with van der Waals surface area (Å²) in [5.41, 5.74) is 0. The van der Waals surface area contributed by atoms with Gasteiger partial charge in [0.05, 0.1) is 10.3 Å². The standard InChI is InChI=1S/C8H9Cl2O3P/c1-12-14(11,13-2)8-5-6(9)3-4-7(8)10/h3-5H,1-2H3. The summed E-state index contributed by atoms with van der Waals surface area (Å²) < 4.78 is 21.5. The lowest BCUT2D eigenvalue weighted by Crippen LogP contribution is -2.09. The quantitative estimate of drug-likeness (QED) is 0.778. The van der Waals surface area contributed by atoms with E-state index >= 15 is 0 Å². The van der Waals surface area contributed by atoms with Crippen molar-refractivity contribution in [3.63, 3.8) is 0 Å². The molecule has 0 saturated heterocycles. The van der Waals surface area contributed by atoms with Crippen LogP contribution in [0.25, 0.3) is 0 Å². The molecule has 0 aliphatic heterocycles. The van der Waals surface area contributed by atoms with Crippen molar-refractivity contribution < 1.29 is 13.6 Å². The Bertz CT molecular complexity index is 373. The summed E-state index contributed by atoms with van der Waals surface area (Å²) in [7, 11) is -0.728. The molecule has 78 valence electrons. The molecule has 0 fully saturated rings. The lowest BCUT2D eigenvalue weighted by molar-refractivity contribution is 0.287. The molecular formula is C8H9Cl2O3P. The molecule has 0 heterocycles. The zero-order valence-electron chi connectivity index (χ0n) is 7.66. The minimum absolute atomic E-state index is 0.275. The highest BCUT2D eigenvalue weighted by Crippen LogP contribution is 2.47. The summed E-state index contributed by atoms with van der Waals surface area (Å²) in [6, 6.07) is 4.62. The largest absolute Gasteiger partial charge is 0.362 e. The van der Waals surface area contributed by atoms with E-state index < -0.39 is 7.60 Å². The van der Waals surface area contributed by atoms with Crippen LogP contribution in [0.5, 0.6) is 0 Å². The maximum atomic E-state index is 11.9. The first kappa shape index (κ1) is 12.0. The van der Waals surface area contributed by atoms with Gasteiger partial charge in [0.15, 0.2) is 0 Å². The van der Waals surface area contributed by atoms with Crippen LogP contribution in [-0.4, -0.2) is 14.2 Å². The smallest absolute Gasteiger partial charge is 0.309 e. The van der Waals surface area contributed by atoms with Crippen molar-refractivity contribution in [2.24, 2.45) is 0 Å². The number of benzene rings is 1. The number of hydrogen-bond donors (Lipinski definition) is 0. The van der Waals surface area contributed by atoms with E-state index in [1.165, 1.54) is 20.3 Å². The Morgan fingerprint density at radius 3 is 2.29 bits per heavy atom. The van der Waals surface area contributed by atoms with Crippen LogP contribution in [0.4, 0.5) is 0 Å². The van der Waals surface area contributed by atoms with Crippen molar-refractivity contribution in [3.8, 4) is 0 Å². The first-order valence-corrected chi connectivity index (χ1v) is 6.00. The van der Waals surface area contributed by atoms with Gasteiger partial charge >= 0.3 is 7.60 Å². The fraction of sp³-hybridized carbons (Fsp3) is 0.250. The molecule has 0 aromatic heterocycles. The van der Waals surface area contributed by atoms with Crippen molar-refractivity contribution in [2.75, 3.05) is 14.2 Å². The molecule has 3 nitrogen and oxygen atoms in total. The normalized spacial score (nSPS) is 11.7. The van der Waals surface area contributed by atoms with Gasteiger partial charge in [-0.1, -0.05) is 23.2 Å². The number of hydrogen-bond acceptors (Lipinski definition) is 3. The molecule has 0 radical (unpaired) electrons. The predicted octanol–water partition coefficient (Wildman–Crippen LogP) is 3.10. The van der Waals surface area contributed by atoms with E-state index in [2.05, 4.69) is 0 Å². The van der Waals surface area contributed by atoms with Gasteiger partial charge in [-0.05, 0) is 18.2 Å². The fourth-order valence-electron chi connectivity index (χ4n) is 0.967. The molecule has 0 N–H and O–H groups in total. The van der Waals surface area contributed by atoms with Crippen molar-refractivity contribution >= 4 is 36.1 Å². The van der Waals surface area contributed by atoms with Crippen LogP contribution in [0.2, 0.25) is 10.0 Å². The Morgan fingerprint density at radius 2 is 1.79 bits per heavy atom. The van der Waals surface area contributed by atoms with E-state index in [-0.39, 0.29) is 5.30 Å². The molecule has 0 aliphatic rings. The van der Waals surface area contributed by atoms with Crippen molar-refractivity contribution in [2.45, 2.75) is 0 Å². The summed E-state index contributed by atoms with van der Waals surface area (Å²) in [5.74, 6) is 0. The Kier molecular flexibility index (Phi) is 3.99. The van der Waals surface area contributed by atoms with E-state index in [0.717, 1.165) is 0 Å². The van der Waals surface area contributed by atoms with E-state index in [1.807, 2.05) is 0 Å². The van der Waals surface area contributed by atoms with Crippen LogP contribution in [0, 0.1) is 0 Å². The third-order valence-corrected chi connectivity index (χ3v) is 4.30. The Labute approximate surface area is 92.5 Å². The second-order valence-corrected chi connectivity index (χ2v) is 5.51. The minimum Gasteiger partial charge on any atom is -0.309 e. The molecular weight excluding hydrogens is 246 g/mol. The second-order valence-electron chi connectivity index (χ2n) is 2.46. The van der Waals surface area contributed by atoms with Gasteiger partial charge in [-0.2, -0.15) is 0 Å². The van der Waals surface area contributed by atoms with E-state index in [1.54, 1.807) is 12.1 Å². The Morgan fingerprint density at radius 1 is 1.21 bits per heavy atom. The zero-order valence-corrected chi connectivity index (χ0v) is 10.1. The summed E-state index contributed by atoms with van der Waals surface area (Å²) in [6.45, 7) is 0. The monoisotopic (exact) mass is 254 g/mol. The molecule has 0 saturated carbocycles. The highest BCUT2D eigenvalue weighted by molar-refractivity contribution is 7.62. The van der Waals surface area contributed by atoms with E-state index in [0.29, 0.717) is 10.0 Å². The van der Waals surface area contributed by atoms with E-state index in [4.69, 9.17) is 32.2 Å². The van der Waals surface area contributed by atoms with E-state index in [9.17, 15) is 4.57 Å². The topological polar surface area (TPSA) is 35.5 Å². The molecule has 0 unspecified atom stereocenters. The van der Waals surface area contributed by atoms with Crippen LogP contribution in [0.3, 0.4) is 0 Å². The van der Waals surface area contributed by atoms with Crippen LogP contribution < -0.4 is 5.30 Å². The lowest BCUT2D eigenvalue weighted by atomic mass is 10.4. The second kappa shape index (κ2) is 4.65. The van der Waals surface area contributed by atoms with Gasteiger partial charge in [-0.15, -0.1) is 0 Å². The van der Waals surface area contributed by atoms with Crippen molar-refractivity contribution in [1.29, 1.82) is 0 Å². The van der Waals surface area contributed by atoms with Gasteiger partial charge in [0.25, 0.3) is 0 Å². The summed E-state index contributed by atoms with van der Waals surface area (Å²) in [5, 5.41) is 1.01. The van der Waals surface area contributed by atoms with Crippen LogP contribution >= 0.6 is 30.8 Å². The molecule has 0 amide bonds. The van der Waals surface area contributed by atoms with Gasteiger partial charge < -0.3 is 9.05 Å². The molecule has 14 heavy (non-hydrogen) atoms. The molecule has 1 rings (SSSR count). The van der Waals surface area contributed by atoms with Gasteiger partial charge in [-0.25, -0.2) is 0 Å². The highest BCUT2D eigenvalue weighted by atomic mass is 35.5. The van der Waals surface area contributed by atoms with Crippen molar-refractivity contribution in [1.82, 2.24) is 0 Å². The fourth-order valence-corrected chi connectivity index (χ4v) is 2.82. The summed E-state index contributed by atoms with van der Waals surface area (Å²) >= 11 is 11.6. The molecule has 6 heteroatoms. The average molecular weight is 255 g/mol. The van der Waals surface area contributed by atoms with Crippen LogP contribution in [0.15, 0.2) is 18.2 Å². The first-order valence-electron chi connectivity index (χ1n) is 3.70. The van der Waals surface area contributed by atoms with Gasteiger partial charge in [0, 0.05) is 19.2 Å². The lowest BCUT2D eigenvalue weighted by Gasteiger charge is -2.14. The summed E-state index contributed by atoms with van der Waals surface area (Å²) in [6.07, 6.45) is 0. The number of rotatable bonds is 3. The van der Waals surface area contributed by atoms with Crippen molar-refractivity contribution in [3.05, 3.63) is 28.2 Å². The molecule has 0 aliphatic carbocycles. The predicted molar refractivity (Wildman–Crippen MR) is 57.7 cm³/mol. The molecule has 0 bridgehead atoms. The summed E-state index contributed by atoms with van der Waals surface area (Å²) in [4.78, 5) is 0. The van der Waals surface area contributed by atoms with Crippen LogP contribution in [-0.2, 0) is 13.6 Å². The molecule has 1 aromatic rings. The first-order chi connectivity index (χ1) is 6.53. The zero-order chi connectivity index (χ0) is 10.8. The third kappa shape index (κ3) is 2.30. The highest BCUT2D eigenvalue weighted by Gasteiger charge is 2.27. The molecule has 0 spiro atoms.